The maximum absolute atomic E-state index is 12.3. The van der Waals surface area contributed by atoms with Crippen molar-refractivity contribution in [1.29, 1.82) is 0 Å². The van der Waals surface area contributed by atoms with Gasteiger partial charge in [-0.1, -0.05) is 0 Å². The number of rotatable bonds is 3. The number of likely N-dealkylation sites (tertiary alicyclic amines) is 1. The summed E-state index contributed by atoms with van der Waals surface area (Å²) in [5.74, 6) is 2.16. The van der Waals surface area contributed by atoms with Crippen LogP contribution in [0.4, 0.5) is 5.82 Å². The minimum atomic E-state index is 0.174. The summed E-state index contributed by atoms with van der Waals surface area (Å²) in [6.45, 7) is 3.54. The Balaban J connectivity index is 1.38. The number of nitrogens with zero attached hydrogens (tertiary/aromatic N) is 4. The molecule has 3 aliphatic rings. The SMILES string of the molecule is O=C(C1CN(c2cc(C3CC3)ncn2)C1)N1CCCC1. The molecule has 2 saturated heterocycles. The third kappa shape index (κ3) is 2.15. The molecule has 0 radical (unpaired) electrons. The molecule has 0 aromatic carbocycles. The van der Waals surface area contributed by atoms with Gasteiger partial charge in [-0.25, -0.2) is 9.97 Å². The van der Waals surface area contributed by atoms with Crippen LogP contribution in [0.3, 0.4) is 0 Å². The zero-order valence-corrected chi connectivity index (χ0v) is 11.7. The zero-order chi connectivity index (χ0) is 13.5. The Hall–Kier alpha value is -1.65. The largest absolute Gasteiger partial charge is 0.355 e. The van der Waals surface area contributed by atoms with E-state index in [1.807, 2.05) is 4.90 Å². The highest BCUT2D eigenvalue weighted by atomic mass is 16.2. The van der Waals surface area contributed by atoms with Gasteiger partial charge in [-0.3, -0.25) is 4.79 Å². The van der Waals surface area contributed by atoms with Gasteiger partial charge < -0.3 is 9.80 Å². The summed E-state index contributed by atoms with van der Waals surface area (Å²) in [5, 5.41) is 0. The molecule has 106 valence electrons. The van der Waals surface area contributed by atoms with E-state index in [9.17, 15) is 4.79 Å². The minimum absolute atomic E-state index is 0.174. The van der Waals surface area contributed by atoms with Crippen LogP contribution in [0.2, 0.25) is 0 Å². The van der Waals surface area contributed by atoms with E-state index in [2.05, 4.69) is 20.9 Å². The van der Waals surface area contributed by atoms with Crippen molar-refractivity contribution in [3.05, 3.63) is 18.1 Å². The van der Waals surface area contributed by atoms with E-state index in [4.69, 9.17) is 0 Å². The van der Waals surface area contributed by atoms with Crippen molar-refractivity contribution in [2.75, 3.05) is 31.1 Å². The molecule has 1 amide bonds. The summed E-state index contributed by atoms with van der Waals surface area (Å²) in [4.78, 5) is 25.2. The van der Waals surface area contributed by atoms with Gasteiger partial charge >= 0.3 is 0 Å². The van der Waals surface area contributed by atoms with E-state index < -0.39 is 0 Å². The van der Waals surface area contributed by atoms with Crippen molar-refractivity contribution in [1.82, 2.24) is 14.9 Å². The summed E-state index contributed by atoms with van der Waals surface area (Å²) >= 11 is 0. The monoisotopic (exact) mass is 272 g/mol. The second-order valence-corrected chi connectivity index (χ2v) is 6.21. The maximum atomic E-state index is 12.3. The molecule has 0 spiro atoms. The molecule has 3 heterocycles. The first kappa shape index (κ1) is 12.1. The third-order valence-corrected chi connectivity index (χ3v) is 4.64. The summed E-state index contributed by atoms with van der Waals surface area (Å²) < 4.78 is 0. The van der Waals surface area contributed by atoms with Gasteiger partial charge in [0.1, 0.15) is 12.1 Å². The van der Waals surface area contributed by atoms with Gasteiger partial charge in [0.2, 0.25) is 5.91 Å². The Morgan fingerprint density at radius 3 is 2.60 bits per heavy atom. The van der Waals surface area contributed by atoms with Crippen LogP contribution in [0.15, 0.2) is 12.4 Å². The normalized spacial score (nSPS) is 23.0. The molecule has 4 rings (SSSR count). The quantitative estimate of drug-likeness (QED) is 0.835. The second kappa shape index (κ2) is 4.72. The van der Waals surface area contributed by atoms with Gasteiger partial charge in [0.25, 0.3) is 0 Å². The van der Waals surface area contributed by atoms with Crippen molar-refractivity contribution in [2.45, 2.75) is 31.6 Å². The lowest BCUT2D eigenvalue weighted by Crippen LogP contribution is -2.54. The lowest BCUT2D eigenvalue weighted by atomic mass is 9.98. The van der Waals surface area contributed by atoms with Crippen LogP contribution >= 0.6 is 0 Å². The number of amides is 1. The fraction of sp³-hybridized carbons (Fsp3) is 0.667. The van der Waals surface area contributed by atoms with Gasteiger partial charge in [0.15, 0.2) is 0 Å². The first-order valence-electron chi connectivity index (χ1n) is 7.67. The van der Waals surface area contributed by atoms with E-state index in [0.29, 0.717) is 11.8 Å². The molecule has 0 atom stereocenters. The number of anilines is 1. The molecule has 0 unspecified atom stereocenters. The fourth-order valence-electron chi connectivity index (χ4n) is 3.15. The van der Waals surface area contributed by atoms with Crippen molar-refractivity contribution < 1.29 is 4.79 Å². The Morgan fingerprint density at radius 1 is 1.15 bits per heavy atom. The van der Waals surface area contributed by atoms with Crippen LogP contribution in [0.1, 0.15) is 37.3 Å². The highest BCUT2D eigenvalue weighted by molar-refractivity contribution is 5.82. The van der Waals surface area contributed by atoms with Gasteiger partial charge in [-0.2, -0.15) is 0 Å². The standard InChI is InChI=1S/C15H20N4O/c20-15(18-5-1-2-6-18)12-8-19(9-12)14-7-13(11-3-4-11)16-10-17-14/h7,10-12H,1-6,8-9H2. The number of hydrogen-bond donors (Lipinski definition) is 0. The highest BCUT2D eigenvalue weighted by Crippen LogP contribution is 2.39. The molecular weight excluding hydrogens is 252 g/mol. The topological polar surface area (TPSA) is 49.3 Å². The maximum Gasteiger partial charge on any atom is 0.229 e. The first-order valence-corrected chi connectivity index (χ1v) is 7.67. The minimum Gasteiger partial charge on any atom is -0.355 e. The summed E-state index contributed by atoms with van der Waals surface area (Å²) in [7, 11) is 0. The number of aromatic nitrogens is 2. The van der Waals surface area contributed by atoms with Crippen LogP contribution in [-0.2, 0) is 4.79 Å². The lowest BCUT2D eigenvalue weighted by molar-refractivity contribution is -0.135. The molecule has 1 saturated carbocycles. The Labute approximate surface area is 119 Å². The van der Waals surface area contributed by atoms with E-state index in [0.717, 1.165) is 32.0 Å². The Bertz CT molecular complexity index is 516. The molecule has 1 aromatic heterocycles. The van der Waals surface area contributed by atoms with Crippen molar-refractivity contribution in [3.8, 4) is 0 Å². The van der Waals surface area contributed by atoms with Crippen LogP contribution in [0, 0.1) is 5.92 Å². The summed E-state index contributed by atoms with van der Waals surface area (Å²) in [6.07, 6.45) is 6.51. The van der Waals surface area contributed by atoms with E-state index in [-0.39, 0.29) is 5.92 Å². The molecule has 0 N–H and O–H groups in total. The van der Waals surface area contributed by atoms with Crippen LogP contribution in [0.25, 0.3) is 0 Å². The Kier molecular flexibility index (Phi) is 2.86. The second-order valence-electron chi connectivity index (χ2n) is 6.21. The van der Waals surface area contributed by atoms with Crippen LogP contribution < -0.4 is 4.90 Å². The van der Waals surface area contributed by atoms with Gasteiger partial charge in [0.05, 0.1) is 5.92 Å². The molecule has 5 heteroatoms. The smallest absolute Gasteiger partial charge is 0.229 e. The molecule has 3 fully saturated rings. The van der Waals surface area contributed by atoms with Crippen LogP contribution in [-0.4, -0.2) is 47.0 Å². The van der Waals surface area contributed by atoms with Crippen molar-refractivity contribution in [3.63, 3.8) is 0 Å². The zero-order valence-electron chi connectivity index (χ0n) is 11.7. The predicted octanol–water partition coefficient (Wildman–Crippen LogP) is 1.41. The molecular formula is C15H20N4O. The highest BCUT2D eigenvalue weighted by Gasteiger charge is 2.37. The van der Waals surface area contributed by atoms with Gasteiger partial charge in [-0.05, 0) is 25.7 Å². The van der Waals surface area contributed by atoms with Gasteiger partial charge in [0, 0.05) is 43.9 Å². The van der Waals surface area contributed by atoms with E-state index in [1.165, 1.54) is 31.4 Å². The van der Waals surface area contributed by atoms with Crippen LogP contribution in [0.5, 0.6) is 0 Å². The summed E-state index contributed by atoms with van der Waals surface area (Å²) in [6, 6.07) is 2.11. The third-order valence-electron chi connectivity index (χ3n) is 4.64. The Morgan fingerprint density at radius 2 is 1.90 bits per heavy atom. The fourth-order valence-corrected chi connectivity index (χ4v) is 3.15. The lowest BCUT2D eigenvalue weighted by Gasteiger charge is -2.40. The number of hydrogen-bond acceptors (Lipinski definition) is 4. The average Bonchev–Trinajstić information content (AvgIpc) is 3.12. The van der Waals surface area contributed by atoms with Crippen molar-refractivity contribution >= 4 is 11.7 Å². The molecule has 0 bridgehead atoms. The molecule has 20 heavy (non-hydrogen) atoms. The number of carbonyl (C=O) groups is 1. The van der Waals surface area contributed by atoms with E-state index in [1.54, 1.807) is 6.33 Å². The average molecular weight is 272 g/mol. The van der Waals surface area contributed by atoms with Gasteiger partial charge in [-0.15, -0.1) is 0 Å². The van der Waals surface area contributed by atoms with E-state index >= 15 is 0 Å². The molecule has 1 aliphatic carbocycles. The molecule has 1 aromatic rings. The molecule has 2 aliphatic heterocycles. The first-order chi connectivity index (χ1) is 9.81. The number of carbonyl (C=O) groups excluding carboxylic acids is 1. The molecule has 5 nitrogen and oxygen atoms in total. The van der Waals surface area contributed by atoms with Crippen molar-refractivity contribution in [2.24, 2.45) is 5.92 Å². The summed E-state index contributed by atoms with van der Waals surface area (Å²) in [5.41, 5.74) is 1.17. The predicted molar refractivity (Wildman–Crippen MR) is 75.5 cm³/mol.